The van der Waals surface area contributed by atoms with Crippen molar-refractivity contribution in [1.29, 1.82) is 0 Å². The third kappa shape index (κ3) is 5.31. The zero-order chi connectivity index (χ0) is 15.1. The highest BCUT2D eigenvalue weighted by atomic mass is 32.2. The predicted octanol–water partition coefficient (Wildman–Crippen LogP) is 0.826. The van der Waals surface area contributed by atoms with Gasteiger partial charge in [-0.1, -0.05) is 0 Å². The molecule has 116 valence electrons. The Bertz CT molecular complexity index is 486. The maximum absolute atomic E-state index is 11.6. The summed E-state index contributed by atoms with van der Waals surface area (Å²) >= 11 is 1.95. The fourth-order valence-electron chi connectivity index (χ4n) is 1.97. The fourth-order valence-corrected chi connectivity index (χ4v) is 2.95. The van der Waals surface area contributed by atoms with Crippen LogP contribution in [0, 0.1) is 0 Å². The lowest BCUT2D eigenvalue weighted by Gasteiger charge is -2.25. The highest BCUT2D eigenvalue weighted by Gasteiger charge is 2.11. The van der Waals surface area contributed by atoms with Crippen LogP contribution in [0.15, 0.2) is 16.5 Å². The number of carbonyl (C=O) groups is 2. The Morgan fingerprint density at radius 2 is 2.05 bits per heavy atom. The number of nitrogens with zero attached hydrogens (tertiary/aromatic N) is 1. The Morgan fingerprint density at radius 1 is 1.29 bits per heavy atom. The molecule has 0 bridgehead atoms. The molecule has 7 nitrogen and oxygen atoms in total. The minimum Gasteiger partial charge on any atom is -0.475 e. The summed E-state index contributed by atoms with van der Waals surface area (Å²) in [5, 5.41) is 14.1. The molecule has 1 saturated heterocycles. The summed E-state index contributed by atoms with van der Waals surface area (Å²) in [6.07, 6.45) is 0. The standard InChI is InChI=1S/C13H19N3O4S/c17-12(18)11-2-1-10(20-11)9-15-13(19)14-3-4-16-5-7-21-8-6-16/h1-2H,3-9H2,(H,17,18)(H2,14,15,19). The summed E-state index contributed by atoms with van der Waals surface area (Å²) in [7, 11) is 0. The SMILES string of the molecule is O=C(NCCN1CCSCC1)NCc1ccc(C(=O)O)o1. The van der Waals surface area contributed by atoms with Gasteiger partial charge in [0.15, 0.2) is 0 Å². The molecule has 1 aromatic heterocycles. The average Bonchev–Trinajstić information content (AvgIpc) is 2.95. The van der Waals surface area contributed by atoms with Crippen LogP contribution in [-0.4, -0.2) is 59.7 Å². The second-order valence-electron chi connectivity index (χ2n) is 4.63. The highest BCUT2D eigenvalue weighted by molar-refractivity contribution is 7.99. The van der Waals surface area contributed by atoms with Crippen LogP contribution in [-0.2, 0) is 6.54 Å². The van der Waals surface area contributed by atoms with Crippen molar-refractivity contribution in [2.45, 2.75) is 6.54 Å². The smallest absolute Gasteiger partial charge is 0.371 e. The fraction of sp³-hybridized carbons (Fsp3) is 0.538. The monoisotopic (exact) mass is 313 g/mol. The van der Waals surface area contributed by atoms with E-state index in [1.54, 1.807) is 0 Å². The zero-order valence-electron chi connectivity index (χ0n) is 11.6. The van der Waals surface area contributed by atoms with Crippen molar-refractivity contribution in [3.63, 3.8) is 0 Å². The molecule has 0 unspecified atom stereocenters. The second-order valence-corrected chi connectivity index (χ2v) is 5.86. The number of carboxylic acids is 1. The number of urea groups is 1. The molecule has 8 heteroatoms. The predicted molar refractivity (Wildman–Crippen MR) is 79.7 cm³/mol. The summed E-state index contributed by atoms with van der Waals surface area (Å²) in [6.45, 7) is 3.74. The third-order valence-electron chi connectivity index (χ3n) is 3.11. The Hall–Kier alpha value is -1.67. The van der Waals surface area contributed by atoms with Crippen LogP contribution in [0.3, 0.4) is 0 Å². The minimum absolute atomic E-state index is 0.129. The van der Waals surface area contributed by atoms with Gasteiger partial charge in [0.2, 0.25) is 5.76 Å². The van der Waals surface area contributed by atoms with Gasteiger partial charge < -0.3 is 20.2 Å². The van der Waals surface area contributed by atoms with Crippen LogP contribution in [0.5, 0.6) is 0 Å². The number of hydrogen-bond donors (Lipinski definition) is 3. The van der Waals surface area contributed by atoms with Crippen molar-refractivity contribution in [2.24, 2.45) is 0 Å². The van der Waals surface area contributed by atoms with Gasteiger partial charge in [-0.2, -0.15) is 11.8 Å². The summed E-state index contributed by atoms with van der Waals surface area (Å²) in [4.78, 5) is 24.6. The van der Waals surface area contributed by atoms with E-state index in [1.807, 2.05) is 11.8 Å². The van der Waals surface area contributed by atoms with Gasteiger partial charge in [-0.3, -0.25) is 4.90 Å². The zero-order valence-corrected chi connectivity index (χ0v) is 12.4. The molecule has 2 heterocycles. The number of rotatable bonds is 6. The lowest BCUT2D eigenvalue weighted by Crippen LogP contribution is -2.42. The number of nitrogens with one attached hydrogen (secondary N) is 2. The van der Waals surface area contributed by atoms with E-state index in [1.165, 1.54) is 12.1 Å². The molecule has 0 saturated carbocycles. The van der Waals surface area contributed by atoms with Crippen molar-refractivity contribution in [1.82, 2.24) is 15.5 Å². The second kappa shape index (κ2) is 7.94. The Balaban J connectivity index is 1.61. The van der Waals surface area contributed by atoms with Crippen LogP contribution in [0.4, 0.5) is 4.79 Å². The van der Waals surface area contributed by atoms with E-state index in [9.17, 15) is 9.59 Å². The Morgan fingerprint density at radius 3 is 2.71 bits per heavy atom. The topological polar surface area (TPSA) is 94.8 Å². The van der Waals surface area contributed by atoms with Crippen LogP contribution < -0.4 is 10.6 Å². The number of carboxylic acid groups (broad SMARTS) is 1. The Labute approximate surface area is 127 Å². The first kappa shape index (κ1) is 15.7. The summed E-state index contributed by atoms with van der Waals surface area (Å²) < 4.78 is 5.04. The van der Waals surface area contributed by atoms with E-state index in [2.05, 4.69) is 15.5 Å². The van der Waals surface area contributed by atoms with E-state index < -0.39 is 5.97 Å². The first-order valence-electron chi connectivity index (χ1n) is 6.79. The molecular formula is C13H19N3O4S. The summed E-state index contributed by atoms with van der Waals surface area (Å²) in [6, 6.07) is 2.62. The average molecular weight is 313 g/mol. The lowest BCUT2D eigenvalue weighted by molar-refractivity contribution is 0.0660. The molecule has 1 aliphatic heterocycles. The minimum atomic E-state index is -1.12. The molecule has 0 atom stereocenters. The van der Waals surface area contributed by atoms with Gasteiger partial charge >= 0.3 is 12.0 Å². The van der Waals surface area contributed by atoms with Gasteiger partial charge in [0, 0.05) is 37.7 Å². The molecule has 1 aliphatic rings. The van der Waals surface area contributed by atoms with Crippen LogP contribution in [0.2, 0.25) is 0 Å². The van der Waals surface area contributed by atoms with Crippen molar-refractivity contribution < 1.29 is 19.1 Å². The van der Waals surface area contributed by atoms with Gasteiger partial charge in [0.25, 0.3) is 0 Å². The molecule has 3 N–H and O–H groups in total. The molecule has 1 aromatic rings. The number of amides is 2. The molecular weight excluding hydrogens is 294 g/mol. The van der Waals surface area contributed by atoms with E-state index in [-0.39, 0.29) is 18.3 Å². The van der Waals surface area contributed by atoms with Gasteiger partial charge in [0.05, 0.1) is 6.54 Å². The number of thioether (sulfide) groups is 1. The number of furan rings is 1. The summed E-state index contributed by atoms with van der Waals surface area (Å²) in [5.41, 5.74) is 0. The van der Waals surface area contributed by atoms with Crippen molar-refractivity contribution in [2.75, 3.05) is 37.7 Å². The van der Waals surface area contributed by atoms with Crippen molar-refractivity contribution in [3.05, 3.63) is 23.7 Å². The van der Waals surface area contributed by atoms with Crippen molar-refractivity contribution in [3.8, 4) is 0 Å². The van der Waals surface area contributed by atoms with Crippen LogP contribution >= 0.6 is 11.8 Å². The van der Waals surface area contributed by atoms with Crippen molar-refractivity contribution >= 4 is 23.8 Å². The maximum Gasteiger partial charge on any atom is 0.371 e. The molecule has 0 spiro atoms. The van der Waals surface area contributed by atoms with E-state index in [4.69, 9.17) is 9.52 Å². The van der Waals surface area contributed by atoms with Crippen LogP contribution in [0.1, 0.15) is 16.3 Å². The van der Waals surface area contributed by atoms with Gasteiger partial charge in [-0.25, -0.2) is 9.59 Å². The van der Waals surface area contributed by atoms with Crippen LogP contribution in [0.25, 0.3) is 0 Å². The highest BCUT2D eigenvalue weighted by Crippen LogP contribution is 2.08. The summed E-state index contributed by atoms with van der Waals surface area (Å²) in [5.74, 6) is 1.46. The molecule has 2 rings (SSSR count). The molecule has 0 aliphatic carbocycles. The molecule has 1 fully saturated rings. The number of aromatic carboxylic acids is 1. The van der Waals surface area contributed by atoms with E-state index in [0.29, 0.717) is 12.3 Å². The quantitative estimate of drug-likeness (QED) is 0.720. The molecule has 0 aromatic carbocycles. The lowest BCUT2D eigenvalue weighted by atomic mass is 10.4. The van der Waals surface area contributed by atoms with E-state index >= 15 is 0 Å². The molecule has 21 heavy (non-hydrogen) atoms. The molecule has 2 amide bonds. The van der Waals surface area contributed by atoms with Gasteiger partial charge in [-0.05, 0) is 12.1 Å². The van der Waals surface area contributed by atoms with Gasteiger partial charge in [-0.15, -0.1) is 0 Å². The Kier molecular flexibility index (Phi) is 5.94. The third-order valence-corrected chi connectivity index (χ3v) is 4.06. The number of carbonyl (C=O) groups excluding carboxylic acids is 1. The number of hydrogen-bond acceptors (Lipinski definition) is 5. The maximum atomic E-state index is 11.6. The largest absolute Gasteiger partial charge is 0.475 e. The van der Waals surface area contributed by atoms with E-state index in [0.717, 1.165) is 31.1 Å². The van der Waals surface area contributed by atoms with Gasteiger partial charge in [0.1, 0.15) is 5.76 Å². The normalized spacial score (nSPS) is 15.6. The first-order valence-corrected chi connectivity index (χ1v) is 7.94. The first-order chi connectivity index (χ1) is 10.1. The molecule has 0 radical (unpaired) electrons.